The van der Waals surface area contributed by atoms with Crippen LogP contribution in [0.15, 0.2) is 18.2 Å². The summed E-state index contributed by atoms with van der Waals surface area (Å²) in [6, 6.07) is 6.40. The first-order chi connectivity index (χ1) is 8.21. The van der Waals surface area contributed by atoms with Gasteiger partial charge in [-0.3, -0.25) is 10.7 Å². The molecule has 0 radical (unpaired) electrons. The molecule has 0 spiro atoms. The second-order valence-electron chi connectivity index (χ2n) is 4.19. The number of benzene rings is 1. The van der Waals surface area contributed by atoms with Crippen LogP contribution < -0.4 is 16.0 Å². The average Bonchev–Trinajstić information content (AvgIpc) is 2.36. The van der Waals surface area contributed by atoms with E-state index in [9.17, 15) is 0 Å². The van der Waals surface area contributed by atoms with Gasteiger partial charge >= 0.3 is 0 Å². The van der Waals surface area contributed by atoms with Crippen LogP contribution in [0, 0.1) is 0 Å². The van der Waals surface area contributed by atoms with Gasteiger partial charge in [0.15, 0.2) is 0 Å². The highest BCUT2D eigenvalue weighted by molar-refractivity contribution is 5.37. The maximum absolute atomic E-state index is 5.32. The monoisotopic (exact) mass is 237 g/mol. The molecule has 1 rings (SSSR count). The van der Waals surface area contributed by atoms with Crippen LogP contribution in [0.5, 0.6) is 5.75 Å². The van der Waals surface area contributed by atoms with E-state index < -0.39 is 0 Å². The van der Waals surface area contributed by atoms with E-state index >= 15 is 0 Å². The van der Waals surface area contributed by atoms with E-state index in [0.29, 0.717) is 6.67 Å². The highest BCUT2D eigenvalue weighted by Crippen LogP contribution is 2.20. The summed E-state index contributed by atoms with van der Waals surface area (Å²) in [5.41, 5.74) is 5.26. The number of methoxy groups -OCH3 is 1. The summed E-state index contributed by atoms with van der Waals surface area (Å²) in [6.45, 7) is 3.84. The van der Waals surface area contributed by atoms with Crippen LogP contribution in [-0.2, 0) is 12.8 Å². The summed E-state index contributed by atoms with van der Waals surface area (Å²) in [5, 5.41) is 0. The zero-order valence-electron chi connectivity index (χ0n) is 11.0. The molecule has 0 aromatic heterocycles. The Kier molecular flexibility index (Phi) is 5.97. The van der Waals surface area contributed by atoms with Gasteiger partial charge < -0.3 is 4.74 Å². The number of nitrogens with one attached hydrogen (secondary N) is 1. The molecule has 1 aromatic rings. The molecule has 0 unspecified atom stereocenters. The molecule has 0 aliphatic heterocycles. The SMILES string of the molecule is CCc1cc(CCN(C)CNN)ccc1OC. The van der Waals surface area contributed by atoms with Crippen molar-refractivity contribution in [2.75, 3.05) is 27.4 Å². The van der Waals surface area contributed by atoms with Crippen molar-refractivity contribution in [2.45, 2.75) is 19.8 Å². The Labute approximate surface area is 104 Å². The third kappa shape index (κ3) is 4.34. The number of nitrogens with zero attached hydrogens (tertiary/aromatic N) is 1. The number of hydrogen-bond acceptors (Lipinski definition) is 4. The molecule has 1 aromatic carbocycles. The Bertz CT molecular complexity index is 341. The van der Waals surface area contributed by atoms with Gasteiger partial charge in [0.25, 0.3) is 0 Å². The first-order valence-electron chi connectivity index (χ1n) is 5.99. The number of nitrogens with two attached hydrogens (primary N) is 1. The highest BCUT2D eigenvalue weighted by Gasteiger charge is 2.03. The van der Waals surface area contributed by atoms with Crippen LogP contribution in [0.2, 0.25) is 0 Å². The molecule has 0 saturated carbocycles. The predicted octanol–water partition coefficient (Wildman–Crippen LogP) is 1.15. The van der Waals surface area contributed by atoms with E-state index in [0.717, 1.165) is 25.1 Å². The number of likely N-dealkylation sites (N-methyl/N-ethyl adjacent to an activating group) is 1. The first-order valence-corrected chi connectivity index (χ1v) is 5.99. The topological polar surface area (TPSA) is 50.5 Å². The number of ether oxygens (including phenoxy) is 1. The molecular formula is C13H23N3O. The standard InChI is InChI=1S/C13H23N3O/c1-4-12-9-11(5-6-13(12)17-3)7-8-16(2)10-15-14/h5-6,9,15H,4,7-8,10,14H2,1-3H3. The molecule has 0 aliphatic rings. The fourth-order valence-electron chi connectivity index (χ4n) is 1.82. The molecule has 3 N–H and O–H groups in total. The fraction of sp³-hybridized carbons (Fsp3) is 0.538. The predicted molar refractivity (Wildman–Crippen MR) is 70.9 cm³/mol. The van der Waals surface area contributed by atoms with Gasteiger partial charge in [-0.15, -0.1) is 0 Å². The van der Waals surface area contributed by atoms with Crippen LogP contribution in [0.1, 0.15) is 18.1 Å². The van der Waals surface area contributed by atoms with Crippen molar-refractivity contribution in [1.29, 1.82) is 0 Å². The third-order valence-electron chi connectivity index (χ3n) is 2.87. The van der Waals surface area contributed by atoms with Gasteiger partial charge in [0.2, 0.25) is 0 Å². The van der Waals surface area contributed by atoms with E-state index in [1.54, 1.807) is 7.11 Å². The van der Waals surface area contributed by atoms with Gasteiger partial charge in [0.05, 0.1) is 13.8 Å². The molecular weight excluding hydrogens is 214 g/mol. The normalized spacial score (nSPS) is 10.9. The van der Waals surface area contributed by atoms with Crippen LogP contribution in [-0.4, -0.2) is 32.3 Å². The Morgan fingerprint density at radius 2 is 2.18 bits per heavy atom. The van der Waals surface area contributed by atoms with Crippen LogP contribution >= 0.6 is 0 Å². The van der Waals surface area contributed by atoms with E-state index in [-0.39, 0.29) is 0 Å². The number of rotatable bonds is 7. The van der Waals surface area contributed by atoms with Gasteiger partial charge in [-0.05, 0) is 37.1 Å². The lowest BCUT2D eigenvalue weighted by molar-refractivity contribution is 0.312. The first kappa shape index (κ1) is 14.0. The molecule has 0 amide bonds. The molecule has 17 heavy (non-hydrogen) atoms. The molecule has 4 heteroatoms. The molecule has 0 fully saturated rings. The van der Waals surface area contributed by atoms with Crippen molar-refractivity contribution in [3.8, 4) is 5.75 Å². The summed E-state index contributed by atoms with van der Waals surface area (Å²) in [6.07, 6.45) is 2.02. The molecule has 96 valence electrons. The summed E-state index contributed by atoms with van der Waals surface area (Å²) in [4.78, 5) is 2.15. The third-order valence-corrected chi connectivity index (χ3v) is 2.87. The lowest BCUT2D eigenvalue weighted by Crippen LogP contribution is -2.36. The Balaban J connectivity index is 2.60. The van der Waals surface area contributed by atoms with Crippen LogP contribution in [0.3, 0.4) is 0 Å². The molecule has 0 heterocycles. The van der Waals surface area contributed by atoms with E-state index in [4.69, 9.17) is 10.6 Å². The summed E-state index contributed by atoms with van der Waals surface area (Å²) >= 11 is 0. The highest BCUT2D eigenvalue weighted by atomic mass is 16.5. The van der Waals surface area contributed by atoms with Crippen LogP contribution in [0.4, 0.5) is 0 Å². The second-order valence-corrected chi connectivity index (χ2v) is 4.19. The second kappa shape index (κ2) is 7.27. The minimum absolute atomic E-state index is 0.705. The maximum Gasteiger partial charge on any atom is 0.122 e. The van der Waals surface area contributed by atoms with Gasteiger partial charge in [0, 0.05) is 6.54 Å². The molecule has 4 nitrogen and oxygen atoms in total. The lowest BCUT2D eigenvalue weighted by Gasteiger charge is -2.16. The van der Waals surface area contributed by atoms with Gasteiger partial charge in [-0.1, -0.05) is 19.1 Å². The van der Waals surface area contributed by atoms with Gasteiger partial charge in [0.1, 0.15) is 5.75 Å². The van der Waals surface area contributed by atoms with Crippen molar-refractivity contribution in [1.82, 2.24) is 10.3 Å². The van der Waals surface area contributed by atoms with E-state index in [1.165, 1.54) is 11.1 Å². The van der Waals surface area contributed by atoms with Gasteiger partial charge in [-0.25, -0.2) is 5.43 Å². The smallest absolute Gasteiger partial charge is 0.122 e. The number of hydrazine groups is 1. The quantitative estimate of drug-likeness (QED) is 0.424. The van der Waals surface area contributed by atoms with Crippen molar-refractivity contribution < 1.29 is 4.74 Å². The van der Waals surface area contributed by atoms with E-state index in [1.807, 2.05) is 7.05 Å². The Hall–Kier alpha value is -1.10. The largest absolute Gasteiger partial charge is 0.496 e. The Morgan fingerprint density at radius 3 is 2.76 bits per heavy atom. The van der Waals surface area contributed by atoms with Crippen molar-refractivity contribution in [2.24, 2.45) is 5.84 Å². The van der Waals surface area contributed by atoms with E-state index in [2.05, 4.69) is 35.4 Å². The zero-order valence-corrected chi connectivity index (χ0v) is 11.0. The van der Waals surface area contributed by atoms with Crippen molar-refractivity contribution >= 4 is 0 Å². The molecule has 0 atom stereocenters. The van der Waals surface area contributed by atoms with Gasteiger partial charge in [-0.2, -0.15) is 0 Å². The fourth-order valence-corrected chi connectivity index (χ4v) is 1.82. The van der Waals surface area contributed by atoms with Crippen molar-refractivity contribution in [3.05, 3.63) is 29.3 Å². The molecule has 0 aliphatic carbocycles. The molecule has 0 bridgehead atoms. The number of hydrogen-bond donors (Lipinski definition) is 2. The summed E-state index contributed by atoms with van der Waals surface area (Å²) in [7, 11) is 3.76. The summed E-state index contributed by atoms with van der Waals surface area (Å²) < 4.78 is 5.32. The van der Waals surface area contributed by atoms with Crippen LogP contribution in [0.25, 0.3) is 0 Å². The van der Waals surface area contributed by atoms with Crippen molar-refractivity contribution in [3.63, 3.8) is 0 Å². The summed E-state index contributed by atoms with van der Waals surface area (Å²) in [5.74, 6) is 6.25. The Morgan fingerprint density at radius 1 is 1.41 bits per heavy atom. The zero-order chi connectivity index (χ0) is 12.7. The minimum atomic E-state index is 0.705. The number of aryl methyl sites for hydroxylation is 1. The maximum atomic E-state index is 5.32. The minimum Gasteiger partial charge on any atom is -0.496 e. The average molecular weight is 237 g/mol. The molecule has 0 saturated heterocycles. The lowest BCUT2D eigenvalue weighted by atomic mass is 10.1.